The lowest BCUT2D eigenvalue weighted by Crippen LogP contribution is -2.37. The van der Waals surface area contributed by atoms with E-state index in [0.29, 0.717) is 12.1 Å². The van der Waals surface area contributed by atoms with Crippen LogP contribution in [0.4, 0.5) is 5.69 Å². The first-order valence-corrected chi connectivity index (χ1v) is 7.96. The van der Waals surface area contributed by atoms with Gasteiger partial charge in [-0.1, -0.05) is 19.1 Å². The Morgan fingerprint density at radius 2 is 2.00 bits per heavy atom. The minimum Gasteiger partial charge on any atom is -0.392 e. The molecule has 94 valence electrons. The van der Waals surface area contributed by atoms with Crippen molar-refractivity contribution < 1.29 is 8.42 Å². The molecule has 7 heteroatoms. The second-order valence-corrected chi connectivity index (χ2v) is 7.03. The van der Waals surface area contributed by atoms with Crippen LogP contribution in [-0.4, -0.2) is 18.7 Å². The average Bonchev–Trinajstić information content (AvgIpc) is 2.21. The maximum absolute atomic E-state index is 12.0. The van der Waals surface area contributed by atoms with Crippen molar-refractivity contribution in [3.63, 3.8) is 0 Å². The molecular formula is C10H13IN2O2S2. The number of hydrogen-bond donors (Lipinski definition) is 2. The molecule has 0 amide bonds. The molecule has 0 radical (unpaired) electrons. The fourth-order valence-electron chi connectivity index (χ4n) is 1.33. The van der Waals surface area contributed by atoms with Gasteiger partial charge < -0.3 is 5.73 Å². The molecule has 1 atom stereocenters. The number of hydrogen-bond acceptors (Lipinski definition) is 3. The SMILES string of the molecule is CCC(C(N)=S)S(=O)(=O)Nc1ccc(I)cc1. The highest BCUT2D eigenvalue weighted by atomic mass is 127. The van der Waals surface area contributed by atoms with Crippen molar-refractivity contribution in [2.24, 2.45) is 5.73 Å². The molecule has 17 heavy (non-hydrogen) atoms. The topological polar surface area (TPSA) is 72.2 Å². The van der Waals surface area contributed by atoms with Crippen molar-refractivity contribution in [2.75, 3.05) is 4.72 Å². The van der Waals surface area contributed by atoms with Gasteiger partial charge in [-0.05, 0) is 53.3 Å². The standard InChI is InChI=1S/C10H13IN2O2S2/c1-2-9(10(12)16)17(14,15)13-8-5-3-7(11)4-6-8/h3-6,9,13H,2H2,1H3,(H2,12,16). The molecule has 1 aromatic rings. The zero-order valence-corrected chi connectivity index (χ0v) is 13.0. The van der Waals surface area contributed by atoms with E-state index in [1.165, 1.54) is 0 Å². The van der Waals surface area contributed by atoms with E-state index in [1.807, 2.05) is 12.1 Å². The molecule has 0 fully saturated rings. The second kappa shape index (κ2) is 5.96. The first-order chi connectivity index (χ1) is 7.86. The fraction of sp³-hybridized carbons (Fsp3) is 0.300. The Balaban J connectivity index is 2.93. The number of nitrogens with two attached hydrogens (primary N) is 1. The quantitative estimate of drug-likeness (QED) is 0.603. The summed E-state index contributed by atoms with van der Waals surface area (Å²) < 4.78 is 27.5. The summed E-state index contributed by atoms with van der Waals surface area (Å²) >= 11 is 6.91. The third kappa shape index (κ3) is 4.07. The van der Waals surface area contributed by atoms with Gasteiger partial charge in [0, 0.05) is 9.26 Å². The molecule has 0 saturated carbocycles. The lowest BCUT2D eigenvalue weighted by atomic mass is 10.3. The zero-order chi connectivity index (χ0) is 13.1. The van der Waals surface area contributed by atoms with E-state index >= 15 is 0 Å². The molecular weight excluding hydrogens is 371 g/mol. The summed E-state index contributed by atoms with van der Waals surface area (Å²) in [5, 5.41) is -0.836. The first-order valence-electron chi connectivity index (χ1n) is 4.93. The number of thiocarbonyl (C=S) groups is 1. The Kier molecular flexibility index (Phi) is 5.14. The minimum atomic E-state index is -3.56. The van der Waals surface area contributed by atoms with Gasteiger partial charge in [-0.2, -0.15) is 0 Å². The van der Waals surface area contributed by atoms with Gasteiger partial charge in [0.25, 0.3) is 0 Å². The fourth-order valence-corrected chi connectivity index (χ4v) is 3.58. The van der Waals surface area contributed by atoms with Crippen LogP contribution in [-0.2, 0) is 10.0 Å². The van der Waals surface area contributed by atoms with E-state index in [2.05, 4.69) is 27.3 Å². The average molecular weight is 384 g/mol. The number of anilines is 1. The van der Waals surface area contributed by atoms with Gasteiger partial charge in [0.2, 0.25) is 10.0 Å². The van der Waals surface area contributed by atoms with Crippen LogP contribution in [0.3, 0.4) is 0 Å². The second-order valence-electron chi connectivity index (χ2n) is 3.45. The van der Waals surface area contributed by atoms with Gasteiger partial charge in [-0.15, -0.1) is 0 Å². The molecule has 4 nitrogen and oxygen atoms in total. The maximum atomic E-state index is 12.0. The summed E-state index contributed by atoms with van der Waals surface area (Å²) in [6, 6.07) is 7.04. The van der Waals surface area contributed by atoms with E-state index in [1.54, 1.807) is 19.1 Å². The monoisotopic (exact) mass is 384 g/mol. The van der Waals surface area contributed by atoms with E-state index in [4.69, 9.17) is 18.0 Å². The Hall–Kier alpha value is -0.410. The van der Waals surface area contributed by atoms with Gasteiger partial charge in [0.05, 0.1) is 4.99 Å². The molecule has 1 aromatic carbocycles. The summed E-state index contributed by atoms with van der Waals surface area (Å²) in [7, 11) is -3.56. The van der Waals surface area contributed by atoms with E-state index in [0.717, 1.165) is 3.57 Å². The van der Waals surface area contributed by atoms with Crippen molar-refractivity contribution in [3.05, 3.63) is 27.8 Å². The van der Waals surface area contributed by atoms with Gasteiger partial charge in [-0.3, -0.25) is 4.72 Å². The lowest BCUT2D eigenvalue weighted by molar-refractivity contribution is 0.594. The lowest BCUT2D eigenvalue weighted by Gasteiger charge is -2.15. The Bertz CT molecular complexity index is 500. The van der Waals surface area contributed by atoms with Crippen molar-refractivity contribution in [1.29, 1.82) is 0 Å². The summed E-state index contributed by atoms with van der Waals surface area (Å²) in [5.74, 6) is 0. The van der Waals surface area contributed by atoms with E-state index in [-0.39, 0.29) is 4.99 Å². The summed E-state index contributed by atoms with van der Waals surface area (Å²) in [5.41, 5.74) is 5.94. The number of rotatable bonds is 5. The molecule has 0 saturated heterocycles. The summed E-state index contributed by atoms with van der Waals surface area (Å²) in [6.45, 7) is 1.73. The Labute approximate surface area is 120 Å². The van der Waals surface area contributed by atoms with Crippen LogP contribution < -0.4 is 10.5 Å². The third-order valence-corrected chi connectivity index (χ3v) is 5.18. The highest BCUT2D eigenvalue weighted by Crippen LogP contribution is 2.16. The largest absolute Gasteiger partial charge is 0.392 e. The molecule has 0 aliphatic carbocycles. The third-order valence-electron chi connectivity index (χ3n) is 2.17. The van der Waals surface area contributed by atoms with Crippen molar-refractivity contribution in [3.8, 4) is 0 Å². The van der Waals surface area contributed by atoms with Gasteiger partial charge in [0.1, 0.15) is 5.25 Å². The predicted molar refractivity (Wildman–Crippen MR) is 82.6 cm³/mol. The molecule has 0 bridgehead atoms. The molecule has 0 aliphatic heterocycles. The van der Waals surface area contributed by atoms with E-state index in [9.17, 15) is 8.42 Å². The number of halogens is 1. The molecule has 1 unspecified atom stereocenters. The highest BCUT2D eigenvalue weighted by Gasteiger charge is 2.26. The molecule has 3 N–H and O–H groups in total. The molecule has 0 spiro atoms. The van der Waals surface area contributed by atoms with Crippen molar-refractivity contribution >= 4 is 55.5 Å². The van der Waals surface area contributed by atoms with E-state index < -0.39 is 15.3 Å². The number of nitrogens with one attached hydrogen (secondary N) is 1. The van der Waals surface area contributed by atoms with Gasteiger partial charge in [0.15, 0.2) is 0 Å². The Morgan fingerprint density at radius 1 is 1.47 bits per heavy atom. The minimum absolute atomic E-state index is 0.00879. The number of sulfonamides is 1. The van der Waals surface area contributed by atoms with Crippen LogP contribution in [0.25, 0.3) is 0 Å². The molecule has 0 heterocycles. The van der Waals surface area contributed by atoms with Crippen LogP contribution in [0.1, 0.15) is 13.3 Å². The molecule has 1 rings (SSSR count). The first kappa shape index (κ1) is 14.7. The summed E-state index contributed by atoms with van der Waals surface area (Å²) in [4.78, 5) is -0.00879. The van der Waals surface area contributed by atoms with Crippen molar-refractivity contribution in [2.45, 2.75) is 18.6 Å². The maximum Gasteiger partial charge on any atom is 0.242 e. The van der Waals surface area contributed by atoms with Crippen LogP contribution in [0.15, 0.2) is 24.3 Å². The normalized spacial score (nSPS) is 13.1. The van der Waals surface area contributed by atoms with Crippen molar-refractivity contribution in [1.82, 2.24) is 0 Å². The van der Waals surface area contributed by atoms with Gasteiger partial charge in [-0.25, -0.2) is 8.42 Å². The molecule has 0 aliphatic rings. The Morgan fingerprint density at radius 3 is 2.41 bits per heavy atom. The molecule has 0 aromatic heterocycles. The van der Waals surface area contributed by atoms with Gasteiger partial charge >= 0.3 is 0 Å². The van der Waals surface area contributed by atoms with Crippen LogP contribution in [0, 0.1) is 3.57 Å². The number of benzene rings is 1. The summed E-state index contributed by atoms with van der Waals surface area (Å²) in [6.07, 6.45) is 0.356. The van der Waals surface area contributed by atoms with Crippen LogP contribution >= 0.6 is 34.8 Å². The predicted octanol–water partition coefficient (Wildman–Crippen LogP) is 2.10. The zero-order valence-electron chi connectivity index (χ0n) is 9.18. The highest BCUT2D eigenvalue weighted by molar-refractivity contribution is 14.1. The van der Waals surface area contributed by atoms with Crippen LogP contribution in [0.5, 0.6) is 0 Å². The van der Waals surface area contributed by atoms with Crippen LogP contribution in [0.2, 0.25) is 0 Å². The smallest absolute Gasteiger partial charge is 0.242 e.